The Kier molecular flexibility index (Phi) is 3.51. The second kappa shape index (κ2) is 5.08. The van der Waals surface area contributed by atoms with Gasteiger partial charge in [0.25, 0.3) is 0 Å². The van der Waals surface area contributed by atoms with Crippen LogP contribution in [0.3, 0.4) is 0 Å². The molecule has 112 valence electrons. The topological polar surface area (TPSA) is 34.1 Å². The predicted octanol–water partition coefficient (Wildman–Crippen LogP) is 4.17. The van der Waals surface area contributed by atoms with Crippen LogP contribution in [0.2, 0.25) is 0 Å². The fourth-order valence-corrected chi connectivity index (χ4v) is 4.51. The van der Waals surface area contributed by atoms with Gasteiger partial charge in [0, 0.05) is 17.1 Å². The SMILES string of the molecule is CC(C)=C[C@@H]1C[C@H](C)[C@H]2CCCC3=C2C1=C(C)C(=O)C3=O. The Morgan fingerprint density at radius 1 is 1.14 bits per heavy atom. The molecule has 0 aromatic heterocycles. The summed E-state index contributed by atoms with van der Waals surface area (Å²) < 4.78 is 0. The van der Waals surface area contributed by atoms with E-state index in [1.54, 1.807) is 0 Å². The van der Waals surface area contributed by atoms with E-state index in [-0.39, 0.29) is 11.6 Å². The van der Waals surface area contributed by atoms with Crippen LogP contribution in [0.4, 0.5) is 0 Å². The Bertz CT molecular complexity index is 611. The van der Waals surface area contributed by atoms with Gasteiger partial charge in [0.2, 0.25) is 11.6 Å². The number of rotatable bonds is 1. The molecule has 0 aromatic carbocycles. The van der Waals surface area contributed by atoms with Gasteiger partial charge in [-0.1, -0.05) is 18.6 Å². The van der Waals surface area contributed by atoms with Gasteiger partial charge in [-0.15, -0.1) is 0 Å². The van der Waals surface area contributed by atoms with Crippen LogP contribution in [0.1, 0.15) is 53.4 Å². The molecular weight excluding hydrogens is 260 g/mol. The summed E-state index contributed by atoms with van der Waals surface area (Å²) in [4.78, 5) is 24.7. The quantitative estimate of drug-likeness (QED) is 0.411. The van der Waals surface area contributed by atoms with Crippen LogP contribution >= 0.6 is 0 Å². The molecule has 0 unspecified atom stereocenters. The van der Waals surface area contributed by atoms with E-state index in [1.165, 1.54) is 23.1 Å². The van der Waals surface area contributed by atoms with E-state index in [0.29, 0.717) is 23.3 Å². The van der Waals surface area contributed by atoms with Crippen molar-refractivity contribution >= 4 is 11.6 Å². The number of allylic oxidation sites excluding steroid dienone is 6. The molecule has 3 aliphatic carbocycles. The molecule has 2 nitrogen and oxygen atoms in total. The molecule has 3 aliphatic rings. The van der Waals surface area contributed by atoms with Crippen molar-refractivity contribution in [2.45, 2.75) is 53.4 Å². The zero-order valence-electron chi connectivity index (χ0n) is 13.5. The molecule has 0 bridgehead atoms. The Morgan fingerprint density at radius 3 is 2.52 bits per heavy atom. The molecule has 0 radical (unpaired) electrons. The van der Waals surface area contributed by atoms with Crippen molar-refractivity contribution in [1.82, 2.24) is 0 Å². The maximum atomic E-state index is 12.4. The minimum Gasteiger partial charge on any atom is -0.285 e. The molecule has 2 heteroatoms. The van der Waals surface area contributed by atoms with Gasteiger partial charge < -0.3 is 0 Å². The van der Waals surface area contributed by atoms with E-state index >= 15 is 0 Å². The highest BCUT2D eigenvalue weighted by Gasteiger charge is 2.44. The Balaban J connectivity index is 2.22. The second-order valence-corrected chi connectivity index (χ2v) is 7.15. The van der Waals surface area contributed by atoms with E-state index in [2.05, 4.69) is 26.8 Å². The van der Waals surface area contributed by atoms with E-state index in [4.69, 9.17) is 0 Å². The first-order valence-corrected chi connectivity index (χ1v) is 8.10. The molecule has 0 heterocycles. The monoisotopic (exact) mass is 284 g/mol. The van der Waals surface area contributed by atoms with Crippen molar-refractivity contribution in [3.63, 3.8) is 0 Å². The summed E-state index contributed by atoms with van der Waals surface area (Å²) in [5.74, 6) is 0.902. The second-order valence-electron chi connectivity index (χ2n) is 7.15. The summed E-state index contributed by atoms with van der Waals surface area (Å²) in [6, 6.07) is 0. The van der Waals surface area contributed by atoms with Crippen LogP contribution in [0, 0.1) is 17.8 Å². The van der Waals surface area contributed by atoms with Crippen molar-refractivity contribution in [1.29, 1.82) is 0 Å². The first-order valence-electron chi connectivity index (χ1n) is 8.10. The average Bonchev–Trinajstić information content (AvgIpc) is 2.43. The highest BCUT2D eigenvalue weighted by atomic mass is 16.2. The Hall–Kier alpha value is -1.44. The number of hydrogen-bond donors (Lipinski definition) is 0. The minimum atomic E-state index is -0.258. The number of Topliss-reactive ketones (excluding diaryl/α,β-unsaturated/α-hetero) is 2. The standard InChI is InChI=1S/C19H24O2/c1-10(2)8-13-9-11(3)14-6-5-7-15-17(14)16(13)12(4)18(20)19(15)21/h8,11,13-14H,5-7,9H2,1-4H3/t11-,13+,14+/m0/s1. The average molecular weight is 284 g/mol. The maximum absolute atomic E-state index is 12.4. The van der Waals surface area contributed by atoms with Gasteiger partial charge in [0.1, 0.15) is 0 Å². The lowest BCUT2D eigenvalue weighted by Gasteiger charge is -2.44. The smallest absolute Gasteiger partial charge is 0.229 e. The van der Waals surface area contributed by atoms with Crippen molar-refractivity contribution in [2.24, 2.45) is 17.8 Å². The number of carbonyl (C=O) groups is 2. The lowest BCUT2D eigenvalue weighted by molar-refractivity contribution is -0.132. The first-order chi connectivity index (χ1) is 9.91. The molecule has 0 spiro atoms. The fourth-order valence-electron chi connectivity index (χ4n) is 4.51. The zero-order valence-corrected chi connectivity index (χ0v) is 13.5. The number of carbonyl (C=O) groups excluding carboxylic acids is 2. The molecular formula is C19H24O2. The third-order valence-corrected chi connectivity index (χ3v) is 5.37. The van der Waals surface area contributed by atoms with E-state index in [0.717, 1.165) is 24.8 Å². The molecule has 0 aliphatic heterocycles. The normalized spacial score (nSPS) is 32.3. The van der Waals surface area contributed by atoms with Gasteiger partial charge in [-0.05, 0) is 69.4 Å². The Labute approximate surface area is 127 Å². The van der Waals surface area contributed by atoms with Gasteiger partial charge in [-0.25, -0.2) is 0 Å². The molecule has 1 saturated carbocycles. The lowest BCUT2D eigenvalue weighted by Crippen LogP contribution is -2.37. The van der Waals surface area contributed by atoms with Gasteiger partial charge in [-0.2, -0.15) is 0 Å². The summed E-state index contributed by atoms with van der Waals surface area (Å²) >= 11 is 0. The first kappa shape index (κ1) is 14.5. The van der Waals surface area contributed by atoms with Gasteiger partial charge >= 0.3 is 0 Å². The summed E-state index contributed by atoms with van der Waals surface area (Å²) in [7, 11) is 0. The number of ketones is 2. The molecule has 3 rings (SSSR count). The highest BCUT2D eigenvalue weighted by Crippen LogP contribution is 2.51. The minimum absolute atomic E-state index is 0.221. The predicted molar refractivity (Wildman–Crippen MR) is 83.8 cm³/mol. The molecule has 3 atom stereocenters. The van der Waals surface area contributed by atoms with Crippen LogP contribution in [0.5, 0.6) is 0 Å². The summed E-state index contributed by atoms with van der Waals surface area (Å²) in [6.45, 7) is 8.38. The van der Waals surface area contributed by atoms with Crippen molar-refractivity contribution < 1.29 is 9.59 Å². The van der Waals surface area contributed by atoms with Crippen LogP contribution < -0.4 is 0 Å². The van der Waals surface area contributed by atoms with Crippen molar-refractivity contribution in [3.8, 4) is 0 Å². The largest absolute Gasteiger partial charge is 0.285 e. The van der Waals surface area contributed by atoms with E-state index in [1.807, 2.05) is 6.92 Å². The molecule has 0 N–H and O–H groups in total. The van der Waals surface area contributed by atoms with Crippen LogP contribution in [-0.2, 0) is 9.59 Å². The van der Waals surface area contributed by atoms with Gasteiger partial charge in [0.05, 0.1) is 0 Å². The summed E-state index contributed by atoms with van der Waals surface area (Å²) in [5, 5.41) is 0. The Morgan fingerprint density at radius 2 is 1.86 bits per heavy atom. The summed E-state index contributed by atoms with van der Waals surface area (Å²) in [5.41, 5.74) is 5.28. The zero-order chi connectivity index (χ0) is 15.3. The molecule has 0 amide bonds. The fraction of sp³-hybridized carbons (Fsp3) is 0.579. The van der Waals surface area contributed by atoms with Crippen molar-refractivity contribution in [2.75, 3.05) is 0 Å². The molecule has 0 aromatic rings. The van der Waals surface area contributed by atoms with Gasteiger partial charge in [0.15, 0.2) is 0 Å². The molecule has 1 fully saturated rings. The molecule has 0 saturated heterocycles. The van der Waals surface area contributed by atoms with E-state index < -0.39 is 0 Å². The van der Waals surface area contributed by atoms with Crippen LogP contribution in [0.25, 0.3) is 0 Å². The van der Waals surface area contributed by atoms with Crippen LogP contribution in [-0.4, -0.2) is 11.6 Å². The molecule has 21 heavy (non-hydrogen) atoms. The van der Waals surface area contributed by atoms with Crippen molar-refractivity contribution in [3.05, 3.63) is 33.9 Å². The maximum Gasteiger partial charge on any atom is 0.229 e. The third kappa shape index (κ3) is 2.16. The highest BCUT2D eigenvalue weighted by molar-refractivity contribution is 6.50. The number of hydrogen-bond acceptors (Lipinski definition) is 2. The van der Waals surface area contributed by atoms with E-state index in [9.17, 15) is 9.59 Å². The third-order valence-electron chi connectivity index (χ3n) is 5.37. The van der Waals surface area contributed by atoms with Crippen LogP contribution in [0.15, 0.2) is 33.9 Å². The summed E-state index contributed by atoms with van der Waals surface area (Å²) in [6.07, 6.45) is 6.39. The van der Waals surface area contributed by atoms with Gasteiger partial charge in [-0.3, -0.25) is 9.59 Å². The lowest BCUT2D eigenvalue weighted by atomic mass is 9.60.